The van der Waals surface area contributed by atoms with Crippen LogP contribution in [-0.2, 0) is 16.7 Å². The average Bonchev–Trinajstić information content (AvgIpc) is 3.48. The molecule has 0 aliphatic carbocycles. The van der Waals surface area contributed by atoms with Crippen molar-refractivity contribution in [1.29, 1.82) is 0 Å². The molecule has 1 saturated heterocycles. The lowest BCUT2D eigenvalue weighted by Gasteiger charge is -2.33. The Hall–Kier alpha value is -2.21. The molecule has 160 valence electrons. The van der Waals surface area contributed by atoms with E-state index >= 15 is 0 Å². The summed E-state index contributed by atoms with van der Waals surface area (Å²) in [6.07, 6.45) is 1.72. The number of nitrogens with zero attached hydrogens (tertiary/aromatic N) is 6. The summed E-state index contributed by atoms with van der Waals surface area (Å²) in [5.74, 6) is -0.215. The molecular weight excluding hydrogens is 448 g/mol. The van der Waals surface area contributed by atoms with Crippen LogP contribution < -0.4 is 0 Å². The minimum absolute atomic E-state index is 0.215. The predicted molar refractivity (Wildman–Crippen MR) is 113 cm³/mol. The van der Waals surface area contributed by atoms with E-state index in [9.17, 15) is 13.2 Å². The summed E-state index contributed by atoms with van der Waals surface area (Å²) in [6, 6.07) is 4.97. The maximum atomic E-state index is 12.8. The Morgan fingerprint density at radius 2 is 1.90 bits per heavy atom. The van der Waals surface area contributed by atoms with Gasteiger partial charge in [-0.25, -0.2) is 13.1 Å². The number of carbonyl (C=O) groups excluding carboxylic acids is 1. The molecule has 0 bridgehead atoms. The van der Waals surface area contributed by atoms with E-state index < -0.39 is 10.0 Å². The lowest BCUT2D eigenvalue weighted by Crippen LogP contribution is -2.50. The average molecular weight is 469 g/mol. The summed E-state index contributed by atoms with van der Waals surface area (Å²) in [5, 5.41) is 11.1. The van der Waals surface area contributed by atoms with Crippen molar-refractivity contribution in [3.8, 4) is 0 Å². The summed E-state index contributed by atoms with van der Waals surface area (Å²) in [4.78, 5) is 14.4. The summed E-state index contributed by atoms with van der Waals surface area (Å²) >= 11 is 7.37. The largest absolute Gasteiger partial charge is 0.335 e. The van der Waals surface area contributed by atoms with E-state index in [-0.39, 0.29) is 19.0 Å². The number of amides is 1. The van der Waals surface area contributed by atoms with Crippen LogP contribution in [0, 0.1) is 13.8 Å². The van der Waals surface area contributed by atoms with Crippen molar-refractivity contribution in [2.75, 3.05) is 26.2 Å². The zero-order valence-corrected chi connectivity index (χ0v) is 18.9. The van der Waals surface area contributed by atoms with Gasteiger partial charge in [-0.3, -0.25) is 9.48 Å². The SMILES string of the molecule is Cc1nn(Cn2ccc(C(=O)N3CCN(S(=O)(=O)c4cccs4)CC3)n2)c(C)c1Cl. The molecule has 12 heteroatoms. The first kappa shape index (κ1) is 21.0. The van der Waals surface area contributed by atoms with E-state index in [4.69, 9.17) is 11.6 Å². The topological polar surface area (TPSA) is 93.3 Å². The van der Waals surface area contributed by atoms with E-state index in [1.165, 1.54) is 15.6 Å². The molecule has 30 heavy (non-hydrogen) atoms. The quantitative estimate of drug-likeness (QED) is 0.571. The molecule has 1 aliphatic heterocycles. The molecule has 0 radical (unpaired) electrons. The Bertz CT molecular complexity index is 1160. The third kappa shape index (κ3) is 3.89. The van der Waals surface area contributed by atoms with E-state index in [2.05, 4.69) is 10.2 Å². The number of piperazine rings is 1. The highest BCUT2D eigenvalue weighted by Crippen LogP contribution is 2.22. The number of halogens is 1. The second kappa shape index (κ2) is 8.14. The molecule has 1 aliphatic rings. The standard InChI is InChI=1S/C18H21ClN6O3S2/c1-13-17(19)14(2)25(20-13)12-23-6-5-15(21-23)18(26)22-7-9-24(10-8-22)30(27,28)16-4-3-11-29-16/h3-6,11H,7-10,12H2,1-2H3. The summed E-state index contributed by atoms with van der Waals surface area (Å²) in [5.41, 5.74) is 1.89. The number of carbonyl (C=O) groups is 1. The first-order chi connectivity index (χ1) is 14.3. The molecule has 3 aromatic heterocycles. The second-order valence-electron chi connectivity index (χ2n) is 6.99. The maximum absolute atomic E-state index is 12.8. The van der Waals surface area contributed by atoms with Crippen molar-refractivity contribution in [1.82, 2.24) is 28.8 Å². The lowest BCUT2D eigenvalue weighted by molar-refractivity contribution is 0.0691. The Morgan fingerprint density at radius 3 is 2.50 bits per heavy atom. The van der Waals surface area contributed by atoms with Gasteiger partial charge in [0.1, 0.15) is 16.6 Å². The number of hydrogen-bond acceptors (Lipinski definition) is 6. The monoisotopic (exact) mass is 468 g/mol. The molecule has 4 heterocycles. The van der Waals surface area contributed by atoms with Gasteiger partial charge in [0.05, 0.1) is 16.4 Å². The fraction of sp³-hybridized carbons (Fsp3) is 0.389. The van der Waals surface area contributed by atoms with E-state index in [0.29, 0.717) is 34.7 Å². The highest BCUT2D eigenvalue weighted by atomic mass is 35.5. The van der Waals surface area contributed by atoms with Crippen LogP contribution in [0.3, 0.4) is 0 Å². The molecule has 3 aromatic rings. The van der Waals surface area contributed by atoms with Gasteiger partial charge in [-0.1, -0.05) is 17.7 Å². The van der Waals surface area contributed by atoms with Crippen LogP contribution in [-0.4, -0.2) is 69.3 Å². The smallest absolute Gasteiger partial charge is 0.274 e. The van der Waals surface area contributed by atoms with Crippen molar-refractivity contribution in [2.45, 2.75) is 24.7 Å². The molecule has 1 amide bonds. The normalized spacial score (nSPS) is 15.6. The maximum Gasteiger partial charge on any atom is 0.274 e. The fourth-order valence-corrected chi connectivity index (χ4v) is 6.04. The summed E-state index contributed by atoms with van der Waals surface area (Å²) in [7, 11) is -3.49. The molecule has 0 N–H and O–H groups in total. The van der Waals surface area contributed by atoms with Crippen LogP contribution in [0.25, 0.3) is 0 Å². The minimum atomic E-state index is -3.49. The third-order valence-electron chi connectivity index (χ3n) is 5.05. The van der Waals surface area contributed by atoms with Crippen molar-refractivity contribution >= 4 is 38.9 Å². The minimum Gasteiger partial charge on any atom is -0.335 e. The number of rotatable bonds is 5. The first-order valence-corrected chi connectivity index (χ1v) is 12.0. The Labute approximate surface area is 183 Å². The number of aromatic nitrogens is 4. The Balaban J connectivity index is 1.40. The second-order valence-corrected chi connectivity index (χ2v) is 10.5. The van der Waals surface area contributed by atoms with Crippen molar-refractivity contribution in [3.05, 3.63) is 51.9 Å². The van der Waals surface area contributed by atoms with Crippen molar-refractivity contribution in [2.24, 2.45) is 0 Å². The number of sulfonamides is 1. The number of hydrogen-bond donors (Lipinski definition) is 0. The zero-order chi connectivity index (χ0) is 21.5. The van der Waals surface area contributed by atoms with Crippen LogP contribution in [0.1, 0.15) is 21.9 Å². The predicted octanol–water partition coefficient (Wildman–Crippen LogP) is 2.06. The van der Waals surface area contributed by atoms with Gasteiger partial charge < -0.3 is 4.90 Å². The van der Waals surface area contributed by atoms with Crippen molar-refractivity contribution < 1.29 is 13.2 Å². The van der Waals surface area contributed by atoms with Gasteiger partial charge in [-0.05, 0) is 31.4 Å². The summed E-state index contributed by atoms with van der Waals surface area (Å²) in [6.45, 7) is 5.23. The zero-order valence-electron chi connectivity index (χ0n) is 16.5. The van der Waals surface area contributed by atoms with Gasteiger partial charge in [0.15, 0.2) is 0 Å². The molecule has 0 aromatic carbocycles. The highest BCUT2D eigenvalue weighted by Gasteiger charge is 2.31. The summed E-state index contributed by atoms with van der Waals surface area (Å²) < 4.78 is 30.4. The van der Waals surface area contributed by atoms with Crippen LogP contribution in [0.5, 0.6) is 0 Å². The van der Waals surface area contributed by atoms with Gasteiger partial charge in [0.2, 0.25) is 0 Å². The van der Waals surface area contributed by atoms with Crippen LogP contribution in [0.4, 0.5) is 0 Å². The number of thiophene rings is 1. The molecular formula is C18H21ClN6O3S2. The Morgan fingerprint density at radius 1 is 1.17 bits per heavy atom. The van der Waals surface area contributed by atoms with E-state index in [1.807, 2.05) is 13.8 Å². The molecule has 1 fully saturated rings. The molecule has 4 rings (SSSR count). The van der Waals surface area contributed by atoms with Gasteiger partial charge in [-0.15, -0.1) is 11.3 Å². The van der Waals surface area contributed by atoms with Crippen LogP contribution in [0.15, 0.2) is 34.0 Å². The van der Waals surface area contributed by atoms with Gasteiger partial charge in [0.25, 0.3) is 15.9 Å². The third-order valence-corrected chi connectivity index (χ3v) is 8.87. The molecule has 0 spiro atoms. The van der Waals surface area contributed by atoms with Crippen molar-refractivity contribution in [3.63, 3.8) is 0 Å². The molecule has 0 unspecified atom stereocenters. The van der Waals surface area contributed by atoms with Crippen LogP contribution in [0.2, 0.25) is 5.02 Å². The van der Waals surface area contributed by atoms with Crippen LogP contribution >= 0.6 is 22.9 Å². The number of aryl methyl sites for hydroxylation is 1. The molecule has 0 atom stereocenters. The van der Waals surface area contributed by atoms with Gasteiger partial charge in [0, 0.05) is 32.4 Å². The van der Waals surface area contributed by atoms with Gasteiger partial charge in [-0.2, -0.15) is 14.5 Å². The molecule has 0 saturated carbocycles. The van der Waals surface area contributed by atoms with E-state index in [0.717, 1.165) is 11.4 Å². The fourth-order valence-electron chi connectivity index (χ4n) is 3.34. The van der Waals surface area contributed by atoms with E-state index in [1.54, 1.807) is 44.0 Å². The van der Waals surface area contributed by atoms with Gasteiger partial charge >= 0.3 is 0 Å². The highest BCUT2D eigenvalue weighted by molar-refractivity contribution is 7.91. The Kier molecular flexibility index (Phi) is 5.71. The first-order valence-electron chi connectivity index (χ1n) is 9.33. The molecule has 9 nitrogen and oxygen atoms in total. The lowest BCUT2D eigenvalue weighted by atomic mass is 10.3.